The molecule has 0 unspecified atom stereocenters. The predicted molar refractivity (Wildman–Crippen MR) is 93.2 cm³/mol. The van der Waals surface area contributed by atoms with Crippen LogP contribution in [0.3, 0.4) is 0 Å². The highest BCUT2D eigenvalue weighted by molar-refractivity contribution is 5.78. The number of carbonyl (C=O) groups is 1. The lowest BCUT2D eigenvalue weighted by molar-refractivity contribution is -0.126. The number of nitrogens with zero attached hydrogens (tertiary/aromatic N) is 2. The molecule has 1 amide bonds. The summed E-state index contributed by atoms with van der Waals surface area (Å²) in [5, 5.41) is 7.17. The fourth-order valence-corrected chi connectivity index (χ4v) is 3.10. The van der Waals surface area contributed by atoms with Crippen molar-refractivity contribution in [3.8, 4) is 11.3 Å². The fourth-order valence-electron chi connectivity index (χ4n) is 3.10. The molecule has 0 radical (unpaired) electrons. The van der Waals surface area contributed by atoms with Crippen LogP contribution in [0, 0.1) is 5.92 Å². The molecule has 1 saturated heterocycles. The topological polar surface area (TPSA) is 58.4 Å². The first-order valence-corrected chi connectivity index (χ1v) is 8.77. The maximum atomic E-state index is 12.0. The van der Waals surface area contributed by atoms with Gasteiger partial charge < -0.3 is 9.84 Å². The molecule has 128 valence electrons. The Kier molecular flexibility index (Phi) is 5.64. The quantitative estimate of drug-likeness (QED) is 0.886. The second kappa shape index (κ2) is 8.11. The van der Waals surface area contributed by atoms with Crippen LogP contribution in [0.15, 0.2) is 40.9 Å². The third-order valence-corrected chi connectivity index (χ3v) is 4.52. The van der Waals surface area contributed by atoms with Crippen LogP contribution in [0.5, 0.6) is 0 Å². The molecule has 1 fully saturated rings. The van der Waals surface area contributed by atoms with Gasteiger partial charge in [0.15, 0.2) is 5.76 Å². The Morgan fingerprint density at radius 1 is 1.29 bits per heavy atom. The van der Waals surface area contributed by atoms with Gasteiger partial charge in [-0.1, -0.05) is 42.4 Å². The van der Waals surface area contributed by atoms with Crippen LogP contribution in [-0.4, -0.2) is 35.6 Å². The Labute approximate surface area is 143 Å². The number of hydrogen-bond donors (Lipinski definition) is 1. The van der Waals surface area contributed by atoms with Crippen LogP contribution in [0.2, 0.25) is 0 Å². The van der Waals surface area contributed by atoms with Gasteiger partial charge in [-0.15, -0.1) is 0 Å². The minimum Gasteiger partial charge on any atom is -0.359 e. The van der Waals surface area contributed by atoms with Gasteiger partial charge in [-0.3, -0.25) is 9.69 Å². The summed E-state index contributed by atoms with van der Waals surface area (Å²) in [6.45, 7) is 5.45. The normalized spacial score (nSPS) is 16.2. The van der Waals surface area contributed by atoms with E-state index in [2.05, 4.69) is 22.3 Å². The van der Waals surface area contributed by atoms with E-state index in [1.165, 1.54) is 0 Å². The maximum absolute atomic E-state index is 12.0. The zero-order chi connectivity index (χ0) is 16.8. The molecule has 1 aliphatic rings. The zero-order valence-electron chi connectivity index (χ0n) is 14.2. The Morgan fingerprint density at radius 3 is 2.75 bits per heavy atom. The molecule has 2 aromatic rings. The summed E-state index contributed by atoms with van der Waals surface area (Å²) in [4.78, 5) is 14.4. The highest BCUT2D eigenvalue weighted by Gasteiger charge is 2.25. The van der Waals surface area contributed by atoms with Gasteiger partial charge in [0.05, 0.1) is 6.54 Å². The van der Waals surface area contributed by atoms with Gasteiger partial charge >= 0.3 is 0 Å². The molecule has 2 heterocycles. The number of piperidine rings is 1. The first-order chi connectivity index (χ1) is 11.8. The van der Waals surface area contributed by atoms with Crippen molar-refractivity contribution in [3.63, 3.8) is 0 Å². The summed E-state index contributed by atoms with van der Waals surface area (Å²) in [6.07, 6.45) is 2.81. The van der Waals surface area contributed by atoms with E-state index >= 15 is 0 Å². The van der Waals surface area contributed by atoms with Crippen molar-refractivity contribution in [2.45, 2.75) is 32.7 Å². The van der Waals surface area contributed by atoms with Crippen molar-refractivity contribution in [2.75, 3.05) is 19.6 Å². The minimum absolute atomic E-state index is 0.155. The summed E-state index contributed by atoms with van der Waals surface area (Å²) in [6, 6.07) is 12.1. The summed E-state index contributed by atoms with van der Waals surface area (Å²) < 4.78 is 5.48. The first kappa shape index (κ1) is 16.7. The van der Waals surface area contributed by atoms with E-state index in [0.29, 0.717) is 0 Å². The number of carbonyl (C=O) groups excluding carboxylic acids is 1. The summed E-state index contributed by atoms with van der Waals surface area (Å²) >= 11 is 0. The lowest BCUT2D eigenvalue weighted by Crippen LogP contribution is -2.40. The Bertz CT molecular complexity index is 646. The van der Waals surface area contributed by atoms with Crippen molar-refractivity contribution in [1.29, 1.82) is 0 Å². The summed E-state index contributed by atoms with van der Waals surface area (Å²) in [7, 11) is 0. The monoisotopic (exact) mass is 327 g/mol. The highest BCUT2D eigenvalue weighted by atomic mass is 16.5. The van der Waals surface area contributed by atoms with Crippen molar-refractivity contribution < 1.29 is 9.32 Å². The average Bonchev–Trinajstić information content (AvgIpc) is 3.09. The molecule has 0 bridgehead atoms. The fraction of sp³-hybridized carbons (Fsp3) is 0.474. The maximum Gasteiger partial charge on any atom is 0.223 e. The SMILES string of the molecule is CCCNC(=O)C1CCN(Cc2cc(-c3ccccc3)no2)CC1. The largest absolute Gasteiger partial charge is 0.359 e. The molecule has 0 spiro atoms. The molecule has 5 heteroatoms. The highest BCUT2D eigenvalue weighted by Crippen LogP contribution is 2.22. The predicted octanol–water partition coefficient (Wildman–Crippen LogP) is 3.08. The molecule has 1 aliphatic heterocycles. The first-order valence-electron chi connectivity index (χ1n) is 8.77. The molecule has 0 atom stereocenters. The summed E-state index contributed by atoms with van der Waals surface area (Å²) in [5.41, 5.74) is 1.94. The standard InChI is InChI=1S/C19H25N3O2/c1-2-10-20-19(23)16-8-11-22(12-9-16)14-17-13-18(21-24-17)15-6-4-3-5-7-15/h3-7,13,16H,2,8-12,14H2,1H3,(H,20,23). The Morgan fingerprint density at radius 2 is 2.04 bits per heavy atom. The number of aromatic nitrogens is 1. The molecule has 1 N–H and O–H groups in total. The smallest absolute Gasteiger partial charge is 0.223 e. The van der Waals surface area contributed by atoms with Crippen LogP contribution >= 0.6 is 0 Å². The lowest BCUT2D eigenvalue weighted by atomic mass is 9.96. The molecular formula is C19H25N3O2. The van der Waals surface area contributed by atoms with Gasteiger partial charge in [-0.05, 0) is 32.4 Å². The minimum atomic E-state index is 0.155. The molecule has 5 nitrogen and oxygen atoms in total. The van der Waals surface area contributed by atoms with E-state index in [1.807, 2.05) is 36.4 Å². The van der Waals surface area contributed by atoms with Gasteiger partial charge in [0, 0.05) is 24.1 Å². The van der Waals surface area contributed by atoms with Gasteiger partial charge in [0.1, 0.15) is 5.69 Å². The van der Waals surface area contributed by atoms with Gasteiger partial charge in [0.25, 0.3) is 0 Å². The van der Waals surface area contributed by atoms with E-state index < -0.39 is 0 Å². The molecule has 0 saturated carbocycles. The van der Waals surface area contributed by atoms with E-state index in [1.54, 1.807) is 0 Å². The van der Waals surface area contributed by atoms with Gasteiger partial charge in [-0.25, -0.2) is 0 Å². The van der Waals surface area contributed by atoms with Gasteiger partial charge in [0.2, 0.25) is 5.91 Å². The van der Waals surface area contributed by atoms with Crippen molar-refractivity contribution in [2.24, 2.45) is 5.92 Å². The molecular weight excluding hydrogens is 302 g/mol. The zero-order valence-corrected chi connectivity index (χ0v) is 14.2. The van der Waals surface area contributed by atoms with Gasteiger partial charge in [-0.2, -0.15) is 0 Å². The third-order valence-electron chi connectivity index (χ3n) is 4.52. The summed E-state index contributed by atoms with van der Waals surface area (Å²) in [5.74, 6) is 1.24. The average molecular weight is 327 g/mol. The molecule has 3 rings (SSSR count). The number of benzene rings is 1. The molecule has 1 aromatic heterocycles. The van der Waals surface area contributed by atoms with E-state index in [9.17, 15) is 4.79 Å². The molecule has 0 aliphatic carbocycles. The number of nitrogens with one attached hydrogen (secondary N) is 1. The van der Waals surface area contributed by atoms with Crippen LogP contribution in [-0.2, 0) is 11.3 Å². The Hall–Kier alpha value is -2.14. The van der Waals surface area contributed by atoms with E-state index in [0.717, 1.165) is 62.5 Å². The molecule has 24 heavy (non-hydrogen) atoms. The number of likely N-dealkylation sites (tertiary alicyclic amines) is 1. The van der Waals surface area contributed by atoms with Crippen LogP contribution in [0.4, 0.5) is 0 Å². The number of amides is 1. The van der Waals surface area contributed by atoms with E-state index in [4.69, 9.17) is 4.52 Å². The van der Waals surface area contributed by atoms with Crippen molar-refractivity contribution >= 4 is 5.91 Å². The second-order valence-electron chi connectivity index (χ2n) is 6.39. The van der Waals surface area contributed by atoms with E-state index in [-0.39, 0.29) is 11.8 Å². The van der Waals surface area contributed by atoms with Crippen molar-refractivity contribution in [3.05, 3.63) is 42.2 Å². The number of hydrogen-bond acceptors (Lipinski definition) is 4. The lowest BCUT2D eigenvalue weighted by Gasteiger charge is -2.30. The third kappa shape index (κ3) is 4.23. The molecule has 1 aromatic carbocycles. The van der Waals surface area contributed by atoms with Crippen LogP contribution < -0.4 is 5.32 Å². The second-order valence-corrected chi connectivity index (χ2v) is 6.39. The van der Waals surface area contributed by atoms with Crippen LogP contribution in [0.1, 0.15) is 31.9 Å². The number of rotatable bonds is 6. The van der Waals surface area contributed by atoms with Crippen molar-refractivity contribution in [1.82, 2.24) is 15.4 Å². The Balaban J connectivity index is 1.50. The van der Waals surface area contributed by atoms with Crippen LogP contribution in [0.25, 0.3) is 11.3 Å².